The van der Waals surface area contributed by atoms with Gasteiger partial charge < -0.3 is 30.0 Å². The van der Waals surface area contributed by atoms with E-state index in [1.165, 1.54) is 14.2 Å². The number of carbonyl (C=O) groups excluding carboxylic acids is 2. The molecule has 10 heteroatoms. The number of nitriles is 1. The van der Waals surface area contributed by atoms with Gasteiger partial charge in [0.25, 0.3) is 5.91 Å². The van der Waals surface area contributed by atoms with Gasteiger partial charge in [-0.3, -0.25) is 9.59 Å². The Morgan fingerprint density at radius 1 is 1.27 bits per heavy atom. The van der Waals surface area contributed by atoms with Crippen LogP contribution in [0, 0.1) is 16.7 Å². The minimum atomic E-state index is -1.09. The number of aliphatic hydroxyl groups is 1. The van der Waals surface area contributed by atoms with Crippen molar-refractivity contribution in [3.8, 4) is 17.6 Å². The second-order valence-electron chi connectivity index (χ2n) is 9.47. The molecule has 0 aromatic heterocycles. The molecule has 1 aliphatic rings. The number of benzene rings is 2. The van der Waals surface area contributed by atoms with E-state index in [9.17, 15) is 14.7 Å². The first-order valence-electron chi connectivity index (χ1n) is 11.9. The summed E-state index contributed by atoms with van der Waals surface area (Å²) < 4.78 is 17.2. The molecule has 0 bridgehead atoms. The predicted molar refractivity (Wildman–Crippen MR) is 138 cm³/mol. The number of hydrogen-bond donors (Lipinski definition) is 3. The number of hydrogen-bond acceptors (Lipinski definition) is 7. The summed E-state index contributed by atoms with van der Waals surface area (Å²) in [7, 11) is 3.04. The Balaban J connectivity index is 1.92. The summed E-state index contributed by atoms with van der Waals surface area (Å²) in [6.45, 7) is 3.95. The van der Waals surface area contributed by atoms with E-state index in [1.807, 2.05) is 19.9 Å². The van der Waals surface area contributed by atoms with Gasteiger partial charge in [0.1, 0.15) is 6.10 Å². The molecule has 0 radical (unpaired) electrons. The van der Waals surface area contributed by atoms with Crippen molar-refractivity contribution < 1.29 is 28.9 Å². The van der Waals surface area contributed by atoms with Crippen LogP contribution in [0.1, 0.15) is 56.4 Å². The average molecular weight is 530 g/mol. The number of ether oxygens (including phenoxy) is 3. The largest absolute Gasteiger partial charge is 0.493 e. The third-order valence-corrected chi connectivity index (χ3v) is 6.58. The second kappa shape index (κ2) is 12.3. The molecule has 1 unspecified atom stereocenters. The lowest BCUT2D eigenvalue weighted by molar-refractivity contribution is -0.140. The van der Waals surface area contributed by atoms with E-state index in [4.69, 9.17) is 31.1 Å². The lowest BCUT2D eigenvalue weighted by Crippen LogP contribution is -2.36. The number of para-hydroxylation sites is 1. The van der Waals surface area contributed by atoms with E-state index < -0.39 is 35.5 Å². The van der Waals surface area contributed by atoms with Crippen LogP contribution < -0.4 is 20.1 Å². The molecule has 2 aromatic carbocycles. The molecular formula is C27H32ClN3O6. The van der Waals surface area contributed by atoms with Gasteiger partial charge in [0.2, 0.25) is 5.91 Å². The lowest BCUT2D eigenvalue weighted by atomic mass is 9.76. The highest BCUT2D eigenvalue weighted by Crippen LogP contribution is 2.48. The van der Waals surface area contributed by atoms with Crippen molar-refractivity contribution in [2.75, 3.05) is 26.1 Å². The Morgan fingerprint density at radius 2 is 2.03 bits per heavy atom. The average Bonchev–Trinajstić information content (AvgIpc) is 2.98. The molecule has 2 aromatic rings. The van der Waals surface area contributed by atoms with Crippen molar-refractivity contribution in [2.45, 2.75) is 51.4 Å². The number of methoxy groups -OCH3 is 2. The Labute approximate surface area is 221 Å². The van der Waals surface area contributed by atoms with Crippen molar-refractivity contribution >= 4 is 29.1 Å². The first kappa shape index (κ1) is 28.3. The lowest BCUT2D eigenvalue weighted by Gasteiger charge is -2.35. The van der Waals surface area contributed by atoms with Crippen molar-refractivity contribution in [3.63, 3.8) is 0 Å². The fraction of sp³-hybridized carbons (Fsp3) is 0.444. The summed E-state index contributed by atoms with van der Waals surface area (Å²) in [5.74, 6) is 0.0578. The number of amides is 2. The third-order valence-electron chi connectivity index (χ3n) is 6.35. The Hall–Kier alpha value is -3.32. The SMILES string of the molecule is COc1cccc(C(O)C(C)(C)C[C@@H]2O[C@H](CC(=O)NCCC#N)C(=O)Nc3ccc(Cl)cc32)c1OC. The van der Waals surface area contributed by atoms with E-state index in [-0.39, 0.29) is 25.8 Å². The maximum absolute atomic E-state index is 13.0. The Bertz CT molecular complexity index is 1180. The first-order valence-corrected chi connectivity index (χ1v) is 12.3. The first-order chi connectivity index (χ1) is 17.6. The molecule has 0 aliphatic carbocycles. The summed E-state index contributed by atoms with van der Waals surface area (Å²) >= 11 is 6.29. The van der Waals surface area contributed by atoms with Crippen LogP contribution in [0.25, 0.3) is 0 Å². The summed E-state index contributed by atoms with van der Waals surface area (Å²) in [5, 5.41) is 26.1. The molecule has 0 saturated heterocycles. The molecule has 0 spiro atoms. The molecule has 37 heavy (non-hydrogen) atoms. The molecule has 0 saturated carbocycles. The normalized spacial score (nSPS) is 18.0. The Morgan fingerprint density at radius 3 is 2.70 bits per heavy atom. The van der Waals surface area contributed by atoms with Crippen LogP contribution in [0.4, 0.5) is 5.69 Å². The zero-order valence-corrected chi connectivity index (χ0v) is 22.1. The van der Waals surface area contributed by atoms with Crippen LogP contribution in [-0.2, 0) is 14.3 Å². The number of rotatable bonds is 10. The molecule has 1 heterocycles. The summed E-state index contributed by atoms with van der Waals surface area (Å²) in [4.78, 5) is 25.4. The summed E-state index contributed by atoms with van der Waals surface area (Å²) in [6, 6.07) is 12.3. The van der Waals surface area contributed by atoms with Crippen molar-refractivity contribution in [1.29, 1.82) is 5.26 Å². The zero-order valence-electron chi connectivity index (χ0n) is 21.3. The highest BCUT2D eigenvalue weighted by atomic mass is 35.5. The van der Waals surface area contributed by atoms with Crippen LogP contribution in [0.5, 0.6) is 11.5 Å². The van der Waals surface area contributed by atoms with Gasteiger partial charge in [-0.15, -0.1) is 0 Å². The molecule has 198 valence electrons. The van der Waals surface area contributed by atoms with Gasteiger partial charge in [-0.05, 0) is 36.1 Å². The van der Waals surface area contributed by atoms with Crippen LogP contribution in [-0.4, -0.2) is 43.8 Å². The molecule has 3 rings (SSSR count). The van der Waals surface area contributed by atoms with Crippen LogP contribution in [0.15, 0.2) is 36.4 Å². The molecule has 0 fully saturated rings. The number of halogens is 1. The molecule has 9 nitrogen and oxygen atoms in total. The molecule has 3 atom stereocenters. The van der Waals surface area contributed by atoms with Crippen LogP contribution in [0.3, 0.4) is 0 Å². The number of nitrogens with one attached hydrogen (secondary N) is 2. The summed E-state index contributed by atoms with van der Waals surface area (Å²) in [6.07, 6.45) is -2.52. The predicted octanol–water partition coefficient (Wildman–Crippen LogP) is 4.31. The highest BCUT2D eigenvalue weighted by Gasteiger charge is 2.39. The molecular weight excluding hydrogens is 498 g/mol. The van der Waals surface area contributed by atoms with E-state index in [0.29, 0.717) is 33.3 Å². The van der Waals surface area contributed by atoms with Crippen molar-refractivity contribution in [1.82, 2.24) is 5.32 Å². The van der Waals surface area contributed by atoms with Crippen molar-refractivity contribution in [2.24, 2.45) is 5.41 Å². The van der Waals surface area contributed by atoms with Gasteiger partial charge in [0.15, 0.2) is 11.5 Å². The molecule has 3 N–H and O–H groups in total. The smallest absolute Gasteiger partial charge is 0.254 e. The molecule has 2 amide bonds. The van der Waals surface area contributed by atoms with Gasteiger partial charge >= 0.3 is 0 Å². The van der Waals surface area contributed by atoms with Gasteiger partial charge in [0.05, 0.1) is 45.3 Å². The number of carbonyl (C=O) groups is 2. The van der Waals surface area contributed by atoms with Crippen molar-refractivity contribution in [3.05, 3.63) is 52.5 Å². The van der Waals surface area contributed by atoms with Crippen LogP contribution in [0.2, 0.25) is 5.02 Å². The minimum Gasteiger partial charge on any atom is -0.493 e. The van der Waals surface area contributed by atoms with Gasteiger partial charge in [-0.1, -0.05) is 37.6 Å². The third kappa shape index (κ3) is 6.72. The van der Waals surface area contributed by atoms with E-state index in [1.54, 1.807) is 36.4 Å². The van der Waals surface area contributed by atoms with E-state index in [2.05, 4.69) is 10.6 Å². The molecule has 1 aliphatic heterocycles. The summed E-state index contributed by atoms with van der Waals surface area (Å²) in [5.41, 5.74) is 0.938. The van der Waals surface area contributed by atoms with Gasteiger partial charge in [-0.2, -0.15) is 5.26 Å². The maximum atomic E-state index is 13.0. The van der Waals surface area contributed by atoms with Crippen LogP contribution >= 0.6 is 11.6 Å². The number of aliphatic hydroxyl groups excluding tert-OH is 1. The minimum absolute atomic E-state index is 0.163. The number of nitrogens with zero attached hydrogens (tertiary/aromatic N) is 1. The number of anilines is 1. The topological polar surface area (TPSA) is 130 Å². The van der Waals surface area contributed by atoms with E-state index in [0.717, 1.165) is 0 Å². The monoisotopic (exact) mass is 529 g/mol. The zero-order chi connectivity index (χ0) is 27.2. The standard InChI is InChI=1S/C27H32ClN3O6/c1-27(2,25(33)17-7-5-8-20(35-3)24(17)36-4)15-22-18-13-16(28)9-10-19(18)31-26(34)21(37-22)14-23(32)30-12-6-11-29/h5,7-10,13,21-22,25,33H,6,12,14-15H2,1-4H3,(H,30,32)(H,31,34)/t21-,22+,25?/m1/s1. The fourth-order valence-corrected chi connectivity index (χ4v) is 4.58. The maximum Gasteiger partial charge on any atom is 0.254 e. The Kier molecular flexibility index (Phi) is 9.38. The van der Waals surface area contributed by atoms with Gasteiger partial charge in [-0.25, -0.2) is 0 Å². The fourth-order valence-electron chi connectivity index (χ4n) is 4.40. The van der Waals surface area contributed by atoms with Gasteiger partial charge in [0, 0.05) is 28.4 Å². The highest BCUT2D eigenvalue weighted by molar-refractivity contribution is 6.30. The second-order valence-corrected chi connectivity index (χ2v) is 9.91. The van der Waals surface area contributed by atoms with E-state index >= 15 is 0 Å². The number of fused-ring (bicyclic) bond motifs is 1. The quantitative estimate of drug-likeness (QED) is 0.391.